The highest BCUT2D eigenvalue weighted by Crippen LogP contribution is 2.23. The number of carbonyl (C=O) groups is 1. The largest absolute Gasteiger partial charge is 0.480 e. The topological polar surface area (TPSA) is 40.5 Å². The second-order valence-electron chi connectivity index (χ2n) is 5.61. The molecule has 0 aromatic heterocycles. The zero-order chi connectivity index (χ0) is 13.7. The van der Waals surface area contributed by atoms with Crippen molar-refractivity contribution in [2.75, 3.05) is 13.1 Å². The first-order chi connectivity index (χ1) is 9.16. The molecule has 0 aliphatic carbocycles. The van der Waals surface area contributed by atoms with E-state index in [0.29, 0.717) is 5.92 Å². The molecule has 1 aromatic carbocycles. The van der Waals surface area contributed by atoms with Crippen LogP contribution >= 0.6 is 0 Å². The maximum Gasteiger partial charge on any atom is 0.320 e. The fraction of sp³-hybridized carbons (Fsp3) is 0.562. The fourth-order valence-electron chi connectivity index (χ4n) is 2.85. The normalized spacial score (nSPS) is 24.3. The second kappa shape index (κ2) is 6.71. The molecule has 0 bridgehead atoms. The first-order valence-corrected chi connectivity index (χ1v) is 7.17. The monoisotopic (exact) mass is 261 g/mol. The van der Waals surface area contributed by atoms with E-state index in [2.05, 4.69) is 36.1 Å². The van der Waals surface area contributed by atoms with Crippen molar-refractivity contribution in [1.29, 1.82) is 0 Å². The minimum Gasteiger partial charge on any atom is -0.480 e. The predicted octanol–water partition coefficient (Wildman–Crippen LogP) is 2.80. The van der Waals surface area contributed by atoms with E-state index in [1.165, 1.54) is 5.56 Å². The Morgan fingerprint density at radius 3 is 2.79 bits per heavy atom. The van der Waals surface area contributed by atoms with Crippen molar-refractivity contribution in [3.8, 4) is 0 Å². The highest BCUT2D eigenvalue weighted by Gasteiger charge is 2.30. The first-order valence-electron chi connectivity index (χ1n) is 7.17. The van der Waals surface area contributed by atoms with Crippen LogP contribution in [-0.2, 0) is 11.2 Å². The van der Waals surface area contributed by atoms with Gasteiger partial charge in [0.05, 0.1) is 0 Å². The average Bonchev–Trinajstić information content (AvgIpc) is 2.41. The predicted molar refractivity (Wildman–Crippen MR) is 76.2 cm³/mol. The molecule has 3 heteroatoms. The first kappa shape index (κ1) is 14.1. The number of aryl methyl sites for hydroxylation is 1. The summed E-state index contributed by atoms with van der Waals surface area (Å²) in [7, 11) is 0. The molecule has 0 radical (unpaired) electrons. The molecule has 1 aromatic rings. The van der Waals surface area contributed by atoms with Gasteiger partial charge in [0.15, 0.2) is 0 Å². The smallest absolute Gasteiger partial charge is 0.320 e. The van der Waals surface area contributed by atoms with E-state index < -0.39 is 5.97 Å². The molecule has 2 atom stereocenters. The summed E-state index contributed by atoms with van der Waals surface area (Å²) in [5.74, 6) is -0.127. The Balaban J connectivity index is 1.82. The van der Waals surface area contributed by atoms with E-state index in [4.69, 9.17) is 0 Å². The molecule has 1 aliphatic heterocycles. The van der Waals surface area contributed by atoms with Gasteiger partial charge in [-0.2, -0.15) is 0 Å². The Labute approximate surface area is 115 Å². The van der Waals surface area contributed by atoms with Crippen molar-refractivity contribution in [3.05, 3.63) is 35.9 Å². The molecule has 1 saturated heterocycles. The molecule has 1 heterocycles. The SMILES string of the molecule is CC1CCN(CCCc2ccccc2)C(C(=O)O)C1. The summed E-state index contributed by atoms with van der Waals surface area (Å²) < 4.78 is 0. The van der Waals surface area contributed by atoms with Gasteiger partial charge >= 0.3 is 5.97 Å². The van der Waals surface area contributed by atoms with Gasteiger partial charge < -0.3 is 5.11 Å². The van der Waals surface area contributed by atoms with E-state index in [1.54, 1.807) is 0 Å². The lowest BCUT2D eigenvalue weighted by atomic mass is 9.92. The van der Waals surface area contributed by atoms with E-state index in [1.807, 2.05) is 6.07 Å². The quantitative estimate of drug-likeness (QED) is 0.886. The van der Waals surface area contributed by atoms with Crippen molar-refractivity contribution in [2.45, 2.75) is 38.6 Å². The fourth-order valence-corrected chi connectivity index (χ4v) is 2.85. The molecule has 2 rings (SSSR count). The van der Waals surface area contributed by atoms with Crippen LogP contribution in [-0.4, -0.2) is 35.1 Å². The van der Waals surface area contributed by atoms with Gasteiger partial charge in [-0.1, -0.05) is 37.3 Å². The van der Waals surface area contributed by atoms with Crippen LogP contribution < -0.4 is 0 Å². The molecular weight excluding hydrogens is 238 g/mol. The minimum atomic E-state index is -0.661. The Kier molecular flexibility index (Phi) is 4.97. The van der Waals surface area contributed by atoms with Gasteiger partial charge in [0.25, 0.3) is 0 Å². The molecule has 19 heavy (non-hydrogen) atoms. The third kappa shape index (κ3) is 4.06. The molecule has 0 spiro atoms. The van der Waals surface area contributed by atoms with Gasteiger partial charge in [0.1, 0.15) is 6.04 Å². The Morgan fingerprint density at radius 2 is 2.11 bits per heavy atom. The lowest BCUT2D eigenvalue weighted by molar-refractivity contribution is -0.145. The molecule has 104 valence electrons. The summed E-state index contributed by atoms with van der Waals surface area (Å²) in [4.78, 5) is 13.4. The van der Waals surface area contributed by atoms with Crippen molar-refractivity contribution >= 4 is 5.97 Å². The van der Waals surface area contributed by atoms with Crippen molar-refractivity contribution in [2.24, 2.45) is 5.92 Å². The van der Waals surface area contributed by atoms with Gasteiger partial charge in [-0.05, 0) is 50.3 Å². The number of hydrogen-bond acceptors (Lipinski definition) is 2. The summed E-state index contributed by atoms with van der Waals surface area (Å²) in [5.41, 5.74) is 1.33. The molecule has 0 saturated carbocycles. The minimum absolute atomic E-state index is 0.278. The maximum absolute atomic E-state index is 11.3. The van der Waals surface area contributed by atoms with Gasteiger partial charge in [-0.3, -0.25) is 9.69 Å². The van der Waals surface area contributed by atoms with Crippen LogP contribution in [0.5, 0.6) is 0 Å². The Morgan fingerprint density at radius 1 is 1.37 bits per heavy atom. The lowest BCUT2D eigenvalue weighted by Gasteiger charge is -2.35. The van der Waals surface area contributed by atoms with Crippen LogP contribution in [0, 0.1) is 5.92 Å². The zero-order valence-electron chi connectivity index (χ0n) is 11.6. The second-order valence-corrected chi connectivity index (χ2v) is 5.61. The molecule has 3 nitrogen and oxygen atoms in total. The van der Waals surface area contributed by atoms with E-state index in [9.17, 15) is 9.90 Å². The van der Waals surface area contributed by atoms with Crippen molar-refractivity contribution < 1.29 is 9.90 Å². The van der Waals surface area contributed by atoms with Crippen LogP contribution in [0.2, 0.25) is 0 Å². The zero-order valence-corrected chi connectivity index (χ0v) is 11.6. The van der Waals surface area contributed by atoms with Crippen LogP contribution in [0.1, 0.15) is 31.7 Å². The maximum atomic E-state index is 11.3. The number of likely N-dealkylation sites (tertiary alicyclic amines) is 1. The number of piperidine rings is 1. The number of hydrogen-bond donors (Lipinski definition) is 1. The number of aliphatic carboxylic acids is 1. The van der Waals surface area contributed by atoms with Crippen LogP contribution in [0.4, 0.5) is 0 Å². The summed E-state index contributed by atoms with van der Waals surface area (Å²) in [6.45, 7) is 3.96. The van der Waals surface area contributed by atoms with Gasteiger partial charge in [0, 0.05) is 0 Å². The van der Waals surface area contributed by atoms with Crippen LogP contribution in [0.25, 0.3) is 0 Å². The number of carboxylic acids is 1. The molecular formula is C16H23NO2. The highest BCUT2D eigenvalue weighted by molar-refractivity contribution is 5.73. The number of nitrogens with zero attached hydrogens (tertiary/aromatic N) is 1. The number of benzene rings is 1. The molecule has 0 amide bonds. The highest BCUT2D eigenvalue weighted by atomic mass is 16.4. The third-order valence-electron chi connectivity index (χ3n) is 4.01. The van der Waals surface area contributed by atoms with Gasteiger partial charge in [-0.25, -0.2) is 0 Å². The summed E-state index contributed by atoms with van der Waals surface area (Å²) >= 11 is 0. The summed E-state index contributed by atoms with van der Waals surface area (Å²) in [5, 5.41) is 9.30. The van der Waals surface area contributed by atoms with Crippen molar-refractivity contribution in [1.82, 2.24) is 4.90 Å². The molecule has 1 aliphatic rings. The van der Waals surface area contributed by atoms with Gasteiger partial charge in [0.2, 0.25) is 0 Å². The summed E-state index contributed by atoms with van der Waals surface area (Å²) in [6, 6.07) is 10.1. The standard InChI is InChI=1S/C16H23NO2/c1-13-9-11-17(15(12-13)16(18)19)10-5-8-14-6-3-2-4-7-14/h2-4,6-7,13,15H,5,8-12H2,1H3,(H,18,19). The van der Waals surface area contributed by atoms with E-state index in [-0.39, 0.29) is 6.04 Å². The van der Waals surface area contributed by atoms with E-state index >= 15 is 0 Å². The number of carboxylic acid groups (broad SMARTS) is 1. The van der Waals surface area contributed by atoms with Crippen molar-refractivity contribution in [3.63, 3.8) is 0 Å². The summed E-state index contributed by atoms with van der Waals surface area (Å²) in [6.07, 6.45) is 3.97. The molecule has 1 fully saturated rings. The Hall–Kier alpha value is -1.35. The van der Waals surface area contributed by atoms with E-state index in [0.717, 1.165) is 38.8 Å². The Bertz CT molecular complexity index is 404. The van der Waals surface area contributed by atoms with Gasteiger partial charge in [-0.15, -0.1) is 0 Å². The number of rotatable bonds is 5. The molecule has 2 unspecified atom stereocenters. The average molecular weight is 261 g/mol. The van der Waals surface area contributed by atoms with Crippen LogP contribution in [0.3, 0.4) is 0 Å². The lowest BCUT2D eigenvalue weighted by Crippen LogP contribution is -2.47. The molecule has 1 N–H and O–H groups in total. The van der Waals surface area contributed by atoms with Crippen LogP contribution in [0.15, 0.2) is 30.3 Å². The third-order valence-corrected chi connectivity index (χ3v) is 4.01.